The molecule has 25 nitrogen and oxygen atoms in total. The first-order valence-corrected chi connectivity index (χ1v) is 25.0. The summed E-state index contributed by atoms with van der Waals surface area (Å²) in [5.74, 6) is -0.152. The number of morpholine rings is 1. The fourth-order valence-corrected chi connectivity index (χ4v) is 11.8. The number of rotatable bonds is 13. The quantitative estimate of drug-likeness (QED) is 0.0881. The summed E-state index contributed by atoms with van der Waals surface area (Å²) in [4.78, 5) is 65.3. The topological polar surface area (TPSA) is 345 Å². The molecule has 0 radical (unpaired) electrons. The number of urea groups is 2. The van der Waals surface area contributed by atoms with Crippen LogP contribution in [0.2, 0.25) is 0 Å². The summed E-state index contributed by atoms with van der Waals surface area (Å²) in [7, 11) is -7.94. The van der Waals surface area contributed by atoms with Crippen molar-refractivity contribution in [2.45, 2.75) is 70.1 Å². The fourth-order valence-electron chi connectivity index (χ4n) is 7.48. The number of thiazole rings is 2. The zero-order valence-electron chi connectivity index (χ0n) is 34.5. The van der Waals surface area contributed by atoms with E-state index in [0.717, 1.165) is 105 Å². The zero-order chi connectivity index (χ0) is 46.3. The standard InChI is InChI=1S/C21H24N8O5S2.C16H16N8O4S2/c30-18(13-3-1-2-4-13)15-11-14(29-7-9-34-10-8-29)5-6-16(15)23-19(31)24-20-22-12-17(35-20)36(32,33)21-25-27-28-26-21;25-13(9-3-1-2-4-9)10-7-17-6-5-11(10)19-14(26)20-15-18-8-12(29-15)30(27,28)16-21-23-24-22-16/h5-6,11-13H,1-4,7-10H2,(H2,22,23,24,31)(H,25,26,27,28);5-9H,1-4H2,(H,21,22,23,24)(H2,17,18,19,20,26). The number of benzene rings is 1. The highest BCUT2D eigenvalue weighted by atomic mass is 32.2. The summed E-state index contributed by atoms with van der Waals surface area (Å²) in [6.07, 6.45) is 12.5. The summed E-state index contributed by atoms with van der Waals surface area (Å²) in [6, 6.07) is 5.65. The molecule has 29 heteroatoms. The molecule has 0 atom stereocenters. The summed E-state index contributed by atoms with van der Waals surface area (Å²) in [5, 5.41) is 33.8. The largest absolute Gasteiger partial charge is 0.378 e. The normalized spacial score (nSPS) is 15.7. The van der Waals surface area contributed by atoms with E-state index in [-0.39, 0.29) is 42.1 Å². The number of H-pyrrole nitrogens is 2. The van der Waals surface area contributed by atoms with E-state index in [4.69, 9.17) is 4.74 Å². The van der Waals surface area contributed by atoms with Gasteiger partial charge in [-0.1, -0.05) is 58.6 Å². The Labute approximate surface area is 383 Å². The number of pyridine rings is 1. The third kappa shape index (κ3) is 10.5. The van der Waals surface area contributed by atoms with Crippen molar-refractivity contribution in [3.63, 3.8) is 0 Å². The van der Waals surface area contributed by atoms with Crippen molar-refractivity contribution in [2.75, 3.05) is 52.5 Å². The molecule has 3 fully saturated rings. The molecule has 3 aliphatic rings. The van der Waals surface area contributed by atoms with E-state index in [2.05, 4.69) is 82.4 Å². The molecule has 9 rings (SSSR count). The predicted molar refractivity (Wildman–Crippen MR) is 235 cm³/mol. The summed E-state index contributed by atoms with van der Waals surface area (Å²) in [5.41, 5.74) is 2.43. The Balaban J connectivity index is 0.000000182. The molecule has 2 saturated carbocycles. The molecule has 4 amide bonds. The fraction of sp³-hybridized carbons (Fsp3) is 0.378. The molecule has 1 aliphatic heterocycles. The Morgan fingerprint density at radius 1 is 0.652 bits per heavy atom. The molecule has 1 aromatic carbocycles. The lowest BCUT2D eigenvalue weighted by atomic mass is 9.94. The minimum atomic E-state index is -3.98. The number of aromatic nitrogens is 11. The van der Waals surface area contributed by atoms with E-state index in [1.54, 1.807) is 6.07 Å². The average Bonchev–Trinajstić information content (AvgIpc) is 4.17. The van der Waals surface area contributed by atoms with Gasteiger partial charge in [0.25, 0.3) is 30.0 Å². The van der Waals surface area contributed by atoms with Gasteiger partial charge in [0.05, 0.1) is 42.5 Å². The molecule has 0 spiro atoms. The first-order chi connectivity index (χ1) is 31.9. The minimum absolute atomic E-state index is 0.0150. The van der Waals surface area contributed by atoms with Crippen molar-refractivity contribution in [3.8, 4) is 0 Å². The molecule has 0 bridgehead atoms. The number of sulfone groups is 2. The Bertz CT molecular complexity index is 2910. The highest BCUT2D eigenvalue weighted by molar-refractivity contribution is 7.93. The van der Waals surface area contributed by atoms with E-state index >= 15 is 0 Å². The SMILES string of the molecule is O=C(Nc1ncc(S(=O)(=O)c2nnn[nH]2)s1)Nc1ccc(N2CCOCC2)cc1C(=O)C1CCCC1.O=C(Nc1ncc(S(=O)(=O)c2nnn[nH]2)s1)Nc1ccncc1C(=O)C1CCCC1. The number of amides is 4. The van der Waals surface area contributed by atoms with Crippen molar-refractivity contribution in [1.29, 1.82) is 0 Å². The van der Waals surface area contributed by atoms with Crippen LogP contribution in [-0.4, -0.2) is 123 Å². The number of hydrogen-bond donors (Lipinski definition) is 6. The van der Waals surface area contributed by atoms with Crippen LogP contribution in [0.5, 0.6) is 0 Å². The van der Waals surface area contributed by atoms with Crippen LogP contribution in [0.3, 0.4) is 0 Å². The summed E-state index contributed by atoms with van der Waals surface area (Å²) >= 11 is 1.50. The number of nitrogens with one attached hydrogen (secondary N) is 6. The van der Waals surface area contributed by atoms with Crippen molar-refractivity contribution >= 4 is 93.3 Å². The smallest absolute Gasteiger partial charge is 0.325 e. The highest BCUT2D eigenvalue weighted by Gasteiger charge is 2.30. The number of aromatic amines is 2. The van der Waals surface area contributed by atoms with E-state index in [1.165, 1.54) is 18.5 Å². The van der Waals surface area contributed by atoms with Crippen LogP contribution in [0.25, 0.3) is 0 Å². The van der Waals surface area contributed by atoms with Gasteiger partial charge in [0.2, 0.25) is 0 Å². The van der Waals surface area contributed by atoms with Crippen molar-refractivity contribution in [1.82, 2.24) is 56.2 Å². The lowest BCUT2D eigenvalue weighted by molar-refractivity contribution is 0.0916. The molecule has 5 aromatic heterocycles. The maximum absolute atomic E-state index is 13.4. The summed E-state index contributed by atoms with van der Waals surface area (Å²) < 4.78 is 54.9. The van der Waals surface area contributed by atoms with Crippen LogP contribution < -0.4 is 26.2 Å². The third-order valence-corrected chi connectivity index (χ3v) is 16.6. The third-order valence-electron chi connectivity index (χ3n) is 10.8. The van der Waals surface area contributed by atoms with Crippen LogP contribution in [0, 0.1) is 11.8 Å². The van der Waals surface area contributed by atoms with Crippen molar-refractivity contribution in [3.05, 3.63) is 60.2 Å². The predicted octanol–water partition coefficient (Wildman–Crippen LogP) is 4.24. The number of tetrazole rings is 2. The molecule has 346 valence electrons. The molecule has 66 heavy (non-hydrogen) atoms. The first kappa shape index (κ1) is 45.9. The van der Waals surface area contributed by atoms with Gasteiger partial charge in [0.15, 0.2) is 21.8 Å². The van der Waals surface area contributed by atoms with Gasteiger partial charge in [-0.15, -0.1) is 0 Å². The zero-order valence-corrected chi connectivity index (χ0v) is 37.8. The van der Waals surface area contributed by atoms with E-state index in [0.29, 0.717) is 35.7 Å². The molecular weight excluding hydrogens is 941 g/mol. The Morgan fingerprint density at radius 2 is 1.15 bits per heavy atom. The van der Waals surface area contributed by atoms with Gasteiger partial charge < -0.3 is 20.3 Å². The second-order valence-electron chi connectivity index (χ2n) is 15.0. The van der Waals surface area contributed by atoms with E-state index in [9.17, 15) is 36.0 Å². The minimum Gasteiger partial charge on any atom is -0.378 e. The van der Waals surface area contributed by atoms with Gasteiger partial charge in [-0.3, -0.25) is 25.2 Å². The van der Waals surface area contributed by atoms with Gasteiger partial charge in [0.1, 0.15) is 8.42 Å². The lowest BCUT2D eigenvalue weighted by Crippen LogP contribution is -2.36. The molecule has 1 saturated heterocycles. The lowest BCUT2D eigenvalue weighted by Gasteiger charge is -2.29. The van der Waals surface area contributed by atoms with Crippen LogP contribution in [0.4, 0.5) is 36.9 Å². The highest BCUT2D eigenvalue weighted by Crippen LogP contribution is 2.34. The maximum Gasteiger partial charge on any atom is 0.325 e. The first-order valence-electron chi connectivity index (χ1n) is 20.4. The van der Waals surface area contributed by atoms with Crippen molar-refractivity contribution in [2.24, 2.45) is 11.8 Å². The van der Waals surface area contributed by atoms with Crippen LogP contribution in [-0.2, 0) is 24.4 Å². The van der Waals surface area contributed by atoms with Crippen LogP contribution in [0.1, 0.15) is 72.1 Å². The number of anilines is 5. The number of ketones is 2. The van der Waals surface area contributed by atoms with Crippen molar-refractivity contribution < 1.29 is 40.8 Å². The number of ether oxygens (including phenoxy) is 1. The van der Waals surface area contributed by atoms with E-state index < -0.39 is 42.0 Å². The number of carbonyl (C=O) groups excluding carboxylic acids is 4. The van der Waals surface area contributed by atoms with Crippen LogP contribution >= 0.6 is 22.7 Å². The Morgan fingerprint density at radius 3 is 1.65 bits per heavy atom. The number of nitrogens with zero attached hydrogens (tertiary/aromatic N) is 10. The van der Waals surface area contributed by atoms with Gasteiger partial charge in [-0.25, -0.2) is 46.6 Å². The van der Waals surface area contributed by atoms with Gasteiger partial charge in [-0.2, -0.15) is 0 Å². The average molecular weight is 981 g/mol. The van der Waals surface area contributed by atoms with Crippen LogP contribution in [0.15, 0.2) is 67.8 Å². The second-order valence-corrected chi connectivity index (χ2v) is 21.2. The van der Waals surface area contributed by atoms with Gasteiger partial charge >= 0.3 is 12.1 Å². The van der Waals surface area contributed by atoms with Gasteiger partial charge in [-0.05, 0) is 70.8 Å². The van der Waals surface area contributed by atoms with Gasteiger partial charge in [0, 0.05) is 48.6 Å². The Kier molecular flexibility index (Phi) is 14.1. The second kappa shape index (κ2) is 20.2. The number of hydrogen-bond acceptors (Lipinski definition) is 21. The molecule has 6 N–H and O–H groups in total. The number of Topliss-reactive ketones (excluding diaryl/α,β-unsaturated/α-hetero) is 2. The molecule has 6 aromatic rings. The molecule has 2 aliphatic carbocycles. The maximum atomic E-state index is 13.4. The molecular formula is C37H40N16O9S4. The van der Waals surface area contributed by atoms with E-state index in [1.807, 2.05) is 12.1 Å². The number of carbonyl (C=O) groups is 4. The summed E-state index contributed by atoms with van der Waals surface area (Å²) in [6.45, 7) is 2.69. The molecule has 0 unspecified atom stereocenters. The monoisotopic (exact) mass is 980 g/mol. The molecule has 6 heterocycles. The Hall–Kier alpha value is -6.69.